The van der Waals surface area contributed by atoms with E-state index < -0.39 is 29.8 Å². The van der Waals surface area contributed by atoms with Gasteiger partial charge in [-0.2, -0.15) is 0 Å². The zero-order valence-corrected chi connectivity index (χ0v) is 15.2. The number of pyridine rings is 1. The predicted molar refractivity (Wildman–Crippen MR) is 103 cm³/mol. The molecule has 144 valence electrons. The smallest absolute Gasteiger partial charge is 0.266 e. The van der Waals surface area contributed by atoms with E-state index >= 15 is 0 Å². The maximum atomic E-state index is 13.3. The molecule has 3 atom stereocenters. The Balaban J connectivity index is 1.58. The summed E-state index contributed by atoms with van der Waals surface area (Å²) in [5, 5.41) is 1.62. The Morgan fingerprint density at radius 3 is 2.31 bits per heavy atom. The molecule has 29 heavy (non-hydrogen) atoms. The highest BCUT2D eigenvalue weighted by Crippen LogP contribution is 2.47. The molecule has 1 aromatic heterocycles. The third-order valence-corrected chi connectivity index (χ3v) is 5.24. The molecule has 2 aromatic carbocycles. The van der Waals surface area contributed by atoms with Crippen molar-refractivity contribution in [3.8, 4) is 0 Å². The number of halogens is 1. The Labute approximate surface area is 166 Å². The summed E-state index contributed by atoms with van der Waals surface area (Å²) in [7, 11) is 0. The van der Waals surface area contributed by atoms with Gasteiger partial charge in [-0.05, 0) is 48.0 Å². The first-order chi connectivity index (χ1) is 14.1. The van der Waals surface area contributed by atoms with Crippen molar-refractivity contribution in [2.45, 2.75) is 12.1 Å². The van der Waals surface area contributed by atoms with Gasteiger partial charge in [0.2, 0.25) is 5.91 Å². The number of rotatable bonds is 3. The number of aromatic nitrogens is 1. The van der Waals surface area contributed by atoms with E-state index in [9.17, 15) is 14.0 Å². The molecule has 2 fully saturated rings. The number of amides is 2. The minimum atomic E-state index is -0.960. The van der Waals surface area contributed by atoms with E-state index in [1.54, 1.807) is 23.5 Å². The summed E-state index contributed by atoms with van der Waals surface area (Å²) in [4.78, 5) is 37.7. The van der Waals surface area contributed by atoms with Gasteiger partial charge in [-0.3, -0.25) is 19.4 Å². The van der Waals surface area contributed by atoms with Gasteiger partial charge in [-0.1, -0.05) is 24.3 Å². The largest absolute Gasteiger partial charge is 0.273 e. The zero-order valence-electron chi connectivity index (χ0n) is 15.2. The Kier molecular flexibility index (Phi) is 4.10. The molecule has 0 spiro atoms. The molecular weight excluding hydrogens is 373 g/mol. The monoisotopic (exact) mass is 389 g/mol. The van der Waals surface area contributed by atoms with E-state index in [1.165, 1.54) is 24.3 Å². The van der Waals surface area contributed by atoms with Crippen molar-refractivity contribution in [1.82, 2.24) is 4.98 Å². The van der Waals surface area contributed by atoms with Crippen LogP contribution >= 0.6 is 0 Å². The average Bonchev–Trinajstić information content (AvgIpc) is 3.27. The van der Waals surface area contributed by atoms with Gasteiger partial charge in [-0.15, -0.1) is 0 Å². The third-order valence-electron chi connectivity index (χ3n) is 5.24. The molecule has 2 amide bonds. The van der Waals surface area contributed by atoms with Crippen LogP contribution in [0.25, 0.3) is 0 Å². The SMILES string of the molecule is O=C1[C@H]2[C@H](ON(c3ccccc3)[C@@H]2c2cccnc2)C(=O)N1c1ccc(F)cc1. The quantitative estimate of drug-likeness (QED) is 0.644. The molecule has 0 N–H and O–H groups in total. The molecule has 0 bridgehead atoms. The number of hydroxylamine groups is 1. The first kappa shape index (κ1) is 17.5. The Hall–Kier alpha value is -3.58. The lowest BCUT2D eigenvalue weighted by atomic mass is 9.91. The number of hydrogen-bond donors (Lipinski definition) is 0. The summed E-state index contributed by atoms with van der Waals surface area (Å²) in [6, 6.07) is 17.7. The number of benzene rings is 2. The molecule has 5 rings (SSSR count). The summed E-state index contributed by atoms with van der Waals surface area (Å²) in [5.74, 6) is -2.01. The fourth-order valence-electron chi connectivity index (χ4n) is 3.95. The van der Waals surface area contributed by atoms with Crippen LogP contribution in [0.3, 0.4) is 0 Å². The van der Waals surface area contributed by atoms with E-state index in [4.69, 9.17) is 4.84 Å². The minimum absolute atomic E-state index is 0.329. The van der Waals surface area contributed by atoms with Gasteiger partial charge < -0.3 is 0 Å². The van der Waals surface area contributed by atoms with Crippen molar-refractivity contribution in [1.29, 1.82) is 0 Å². The van der Waals surface area contributed by atoms with Crippen LogP contribution in [0.2, 0.25) is 0 Å². The van der Waals surface area contributed by atoms with Crippen LogP contribution in [-0.4, -0.2) is 22.9 Å². The van der Waals surface area contributed by atoms with Crippen molar-refractivity contribution < 1.29 is 18.8 Å². The average molecular weight is 389 g/mol. The zero-order chi connectivity index (χ0) is 20.0. The van der Waals surface area contributed by atoms with Crippen LogP contribution in [0.15, 0.2) is 79.1 Å². The van der Waals surface area contributed by atoms with E-state index in [-0.39, 0.29) is 5.91 Å². The Morgan fingerprint density at radius 2 is 1.62 bits per heavy atom. The number of carbonyl (C=O) groups is 2. The van der Waals surface area contributed by atoms with Crippen molar-refractivity contribution in [3.05, 3.63) is 90.5 Å². The minimum Gasteiger partial charge on any atom is -0.273 e. The van der Waals surface area contributed by atoms with Crippen molar-refractivity contribution in [2.75, 3.05) is 9.96 Å². The lowest BCUT2D eigenvalue weighted by molar-refractivity contribution is -0.126. The number of hydrogen-bond acceptors (Lipinski definition) is 5. The molecule has 0 radical (unpaired) electrons. The van der Waals surface area contributed by atoms with Gasteiger partial charge in [0.1, 0.15) is 11.7 Å². The number of imide groups is 1. The first-order valence-electron chi connectivity index (χ1n) is 9.19. The second-order valence-electron chi connectivity index (χ2n) is 6.93. The van der Waals surface area contributed by atoms with Crippen molar-refractivity contribution in [2.24, 2.45) is 5.92 Å². The Bertz CT molecular complexity index is 1060. The summed E-state index contributed by atoms with van der Waals surface area (Å²) >= 11 is 0. The van der Waals surface area contributed by atoms with Gasteiger partial charge >= 0.3 is 0 Å². The number of para-hydroxylation sites is 1. The fourth-order valence-corrected chi connectivity index (χ4v) is 3.95. The lowest BCUT2D eigenvalue weighted by Crippen LogP contribution is -2.37. The maximum Gasteiger partial charge on any atom is 0.266 e. The maximum absolute atomic E-state index is 13.3. The van der Waals surface area contributed by atoms with Crippen LogP contribution in [0, 0.1) is 11.7 Å². The topological polar surface area (TPSA) is 62.7 Å². The molecule has 7 heteroatoms. The lowest BCUT2D eigenvalue weighted by Gasteiger charge is -2.28. The molecule has 2 aliphatic heterocycles. The second kappa shape index (κ2) is 6.79. The molecule has 3 heterocycles. The second-order valence-corrected chi connectivity index (χ2v) is 6.93. The molecule has 0 aliphatic carbocycles. The van der Waals surface area contributed by atoms with Gasteiger partial charge in [0.05, 0.1) is 17.4 Å². The van der Waals surface area contributed by atoms with Gasteiger partial charge in [-0.25, -0.2) is 14.4 Å². The van der Waals surface area contributed by atoms with E-state index in [0.29, 0.717) is 5.69 Å². The normalized spacial score (nSPS) is 23.6. The number of nitrogens with zero attached hydrogens (tertiary/aromatic N) is 3. The molecule has 2 aliphatic rings. The highest BCUT2D eigenvalue weighted by atomic mass is 19.1. The van der Waals surface area contributed by atoms with Crippen LogP contribution in [0.1, 0.15) is 11.6 Å². The summed E-state index contributed by atoms with van der Waals surface area (Å²) in [6.45, 7) is 0. The van der Waals surface area contributed by atoms with Gasteiger partial charge in [0.25, 0.3) is 5.91 Å². The summed E-state index contributed by atoms with van der Waals surface area (Å²) in [6.07, 6.45) is 2.36. The molecule has 2 saturated heterocycles. The highest BCUT2D eigenvalue weighted by molar-refractivity contribution is 6.23. The summed E-state index contributed by atoms with van der Waals surface area (Å²) < 4.78 is 13.3. The van der Waals surface area contributed by atoms with Gasteiger partial charge in [0.15, 0.2) is 6.10 Å². The van der Waals surface area contributed by atoms with E-state index in [2.05, 4.69) is 4.98 Å². The van der Waals surface area contributed by atoms with E-state index in [0.717, 1.165) is 16.2 Å². The van der Waals surface area contributed by atoms with Crippen molar-refractivity contribution in [3.63, 3.8) is 0 Å². The van der Waals surface area contributed by atoms with E-state index in [1.807, 2.05) is 36.4 Å². The first-order valence-corrected chi connectivity index (χ1v) is 9.19. The van der Waals surface area contributed by atoms with Crippen LogP contribution in [0.4, 0.5) is 15.8 Å². The Morgan fingerprint density at radius 1 is 0.862 bits per heavy atom. The highest BCUT2D eigenvalue weighted by Gasteiger charge is 2.60. The molecule has 3 aromatic rings. The summed E-state index contributed by atoms with van der Waals surface area (Å²) in [5.41, 5.74) is 1.84. The predicted octanol–water partition coefficient (Wildman–Crippen LogP) is 3.27. The van der Waals surface area contributed by atoms with Crippen LogP contribution in [0.5, 0.6) is 0 Å². The third kappa shape index (κ3) is 2.78. The van der Waals surface area contributed by atoms with Crippen LogP contribution < -0.4 is 9.96 Å². The number of fused-ring (bicyclic) bond motifs is 1. The standard InChI is InChI=1S/C22H16FN3O3/c23-15-8-10-16(11-9-15)25-21(27)18-19(14-5-4-12-24-13-14)26(29-20(18)22(25)28)17-6-2-1-3-7-17/h1-13,18-20H/t18-,19-,20+/m1/s1. The molecular formula is C22H16FN3O3. The van der Waals surface area contributed by atoms with Gasteiger partial charge in [0, 0.05) is 12.4 Å². The van der Waals surface area contributed by atoms with Crippen LogP contribution in [-0.2, 0) is 14.4 Å². The molecule has 6 nitrogen and oxygen atoms in total. The number of anilines is 2. The molecule has 0 unspecified atom stereocenters. The number of carbonyl (C=O) groups excluding carboxylic acids is 2. The fraction of sp³-hybridized carbons (Fsp3) is 0.136. The van der Waals surface area contributed by atoms with Crippen molar-refractivity contribution >= 4 is 23.2 Å². The molecule has 0 saturated carbocycles.